The molecule has 1 aromatic rings. The fourth-order valence-electron chi connectivity index (χ4n) is 2.62. The maximum Gasteiger partial charge on any atom is 0.238 e. The molecule has 1 heterocycles. The minimum atomic E-state index is -3.61. The third kappa shape index (κ3) is 3.94. The van der Waals surface area contributed by atoms with E-state index in [0.29, 0.717) is 6.04 Å². The molecular weight excluding hydrogens is 274 g/mol. The van der Waals surface area contributed by atoms with Crippen molar-refractivity contribution in [3.63, 3.8) is 0 Å². The Morgan fingerprint density at radius 2 is 2.05 bits per heavy atom. The van der Waals surface area contributed by atoms with Gasteiger partial charge in [-0.3, -0.25) is 0 Å². The third-order valence-electron chi connectivity index (χ3n) is 3.63. The molecule has 1 aliphatic rings. The topological polar surface area (TPSA) is 75.4 Å². The molecule has 112 valence electrons. The smallest absolute Gasteiger partial charge is 0.238 e. The standard InChI is InChI=1S/C14H23N3O2S/c1-2-10-17(11-12-4-3-9-16-12)13-5-7-14(8-6-13)20(15,18)19/h5-8,12,16H,2-4,9-11H2,1H3,(H2,15,18,19). The number of benzene rings is 1. The van der Waals surface area contributed by atoms with Gasteiger partial charge >= 0.3 is 0 Å². The second-order valence-corrected chi connectivity index (χ2v) is 6.84. The van der Waals surface area contributed by atoms with Crippen LogP contribution < -0.4 is 15.4 Å². The van der Waals surface area contributed by atoms with Crippen LogP contribution in [0.2, 0.25) is 0 Å². The van der Waals surface area contributed by atoms with Crippen LogP contribution in [0.5, 0.6) is 0 Å². The number of sulfonamides is 1. The van der Waals surface area contributed by atoms with Crippen molar-refractivity contribution in [1.29, 1.82) is 0 Å². The van der Waals surface area contributed by atoms with Gasteiger partial charge in [0.2, 0.25) is 10.0 Å². The van der Waals surface area contributed by atoms with Crippen LogP contribution in [0.4, 0.5) is 5.69 Å². The molecule has 0 aliphatic carbocycles. The Morgan fingerprint density at radius 1 is 1.35 bits per heavy atom. The molecule has 1 unspecified atom stereocenters. The van der Waals surface area contributed by atoms with Crippen LogP contribution >= 0.6 is 0 Å². The van der Waals surface area contributed by atoms with E-state index in [-0.39, 0.29) is 4.90 Å². The molecule has 1 aromatic carbocycles. The molecule has 0 amide bonds. The van der Waals surface area contributed by atoms with Gasteiger partial charge in [-0.15, -0.1) is 0 Å². The van der Waals surface area contributed by atoms with Gasteiger partial charge in [0.25, 0.3) is 0 Å². The zero-order valence-electron chi connectivity index (χ0n) is 11.9. The second-order valence-electron chi connectivity index (χ2n) is 5.28. The maximum absolute atomic E-state index is 11.3. The van der Waals surface area contributed by atoms with E-state index < -0.39 is 10.0 Å². The number of hydrogen-bond donors (Lipinski definition) is 2. The summed E-state index contributed by atoms with van der Waals surface area (Å²) in [5.74, 6) is 0. The molecule has 20 heavy (non-hydrogen) atoms. The van der Waals surface area contributed by atoms with Gasteiger partial charge in [0, 0.05) is 24.8 Å². The van der Waals surface area contributed by atoms with Crippen LogP contribution in [-0.2, 0) is 10.0 Å². The molecule has 0 aromatic heterocycles. The molecule has 0 spiro atoms. The molecule has 6 heteroatoms. The van der Waals surface area contributed by atoms with Crippen LogP contribution in [-0.4, -0.2) is 34.1 Å². The Bertz CT molecular complexity index is 522. The van der Waals surface area contributed by atoms with E-state index in [0.717, 1.165) is 31.7 Å². The number of nitrogens with two attached hydrogens (primary N) is 1. The molecule has 0 saturated carbocycles. The van der Waals surface area contributed by atoms with E-state index in [1.807, 2.05) is 12.1 Å². The van der Waals surface area contributed by atoms with E-state index in [1.54, 1.807) is 12.1 Å². The predicted octanol–water partition coefficient (Wildman–Crippen LogP) is 1.30. The van der Waals surface area contributed by atoms with Crippen molar-refractivity contribution in [3.05, 3.63) is 24.3 Å². The summed E-state index contributed by atoms with van der Waals surface area (Å²) in [5, 5.41) is 8.62. The fourth-order valence-corrected chi connectivity index (χ4v) is 3.14. The molecule has 5 nitrogen and oxygen atoms in total. The van der Waals surface area contributed by atoms with Crippen molar-refractivity contribution >= 4 is 15.7 Å². The average Bonchev–Trinajstić information content (AvgIpc) is 2.90. The highest BCUT2D eigenvalue weighted by Crippen LogP contribution is 2.19. The highest BCUT2D eigenvalue weighted by molar-refractivity contribution is 7.89. The number of anilines is 1. The van der Waals surface area contributed by atoms with Crippen LogP contribution in [0.25, 0.3) is 0 Å². The minimum absolute atomic E-state index is 0.164. The lowest BCUT2D eigenvalue weighted by molar-refractivity contribution is 0.578. The zero-order valence-corrected chi connectivity index (χ0v) is 12.7. The Morgan fingerprint density at radius 3 is 2.55 bits per heavy atom. The summed E-state index contributed by atoms with van der Waals surface area (Å²) in [7, 11) is -3.61. The lowest BCUT2D eigenvalue weighted by Crippen LogP contribution is -2.38. The van der Waals surface area contributed by atoms with Crippen molar-refractivity contribution in [2.24, 2.45) is 5.14 Å². The summed E-state index contributed by atoms with van der Waals surface area (Å²) in [6.07, 6.45) is 3.49. The van der Waals surface area contributed by atoms with Crippen molar-refractivity contribution in [2.45, 2.75) is 37.1 Å². The molecule has 1 atom stereocenters. The average molecular weight is 297 g/mol. The molecular formula is C14H23N3O2S. The van der Waals surface area contributed by atoms with Gasteiger partial charge in [0.05, 0.1) is 4.90 Å². The summed E-state index contributed by atoms with van der Waals surface area (Å²) >= 11 is 0. The van der Waals surface area contributed by atoms with Crippen molar-refractivity contribution in [2.75, 3.05) is 24.5 Å². The first kappa shape index (κ1) is 15.3. The first-order chi connectivity index (χ1) is 9.50. The Hall–Kier alpha value is -1.11. The number of primary sulfonamides is 1. The van der Waals surface area contributed by atoms with Gasteiger partial charge in [-0.05, 0) is 50.1 Å². The van der Waals surface area contributed by atoms with Crippen LogP contribution in [0.15, 0.2) is 29.2 Å². The van der Waals surface area contributed by atoms with E-state index >= 15 is 0 Å². The fraction of sp³-hybridized carbons (Fsp3) is 0.571. The first-order valence-corrected chi connectivity index (χ1v) is 8.66. The second kappa shape index (κ2) is 6.56. The van der Waals surface area contributed by atoms with Crippen molar-refractivity contribution in [3.8, 4) is 0 Å². The first-order valence-electron chi connectivity index (χ1n) is 7.12. The molecule has 1 saturated heterocycles. The molecule has 0 radical (unpaired) electrons. The SMILES string of the molecule is CCCN(CC1CCCN1)c1ccc(S(N)(=O)=O)cc1. The molecule has 2 rings (SSSR count). The van der Waals surface area contributed by atoms with Crippen molar-refractivity contribution in [1.82, 2.24) is 5.32 Å². The largest absolute Gasteiger partial charge is 0.370 e. The van der Waals surface area contributed by atoms with E-state index in [1.165, 1.54) is 12.8 Å². The third-order valence-corrected chi connectivity index (χ3v) is 4.56. The number of rotatable bonds is 6. The number of hydrogen-bond acceptors (Lipinski definition) is 4. The van der Waals surface area contributed by atoms with E-state index in [9.17, 15) is 8.42 Å². The summed E-state index contributed by atoms with van der Waals surface area (Å²) in [6, 6.07) is 7.36. The monoisotopic (exact) mass is 297 g/mol. The quantitative estimate of drug-likeness (QED) is 0.830. The summed E-state index contributed by atoms with van der Waals surface area (Å²) in [6.45, 7) is 5.16. The van der Waals surface area contributed by atoms with Crippen molar-refractivity contribution < 1.29 is 8.42 Å². The van der Waals surface area contributed by atoms with E-state index in [4.69, 9.17) is 5.14 Å². The summed E-state index contributed by atoms with van der Waals surface area (Å²) in [4.78, 5) is 2.47. The lowest BCUT2D eigenvalue weighted by Gasteiger charge is -2.27. The lowest BCUT2D eigenvalue weighted by atomic mass is 10.2. The van der Waals surface area contributed by atoms with Gasteiger partial charge in [-0.1, -0.05) is 6.92 Å². The molecule has 1 fully saturated rings. The summed E-state index contributed by atoms with van der Waals surface area (Å²) in [5.41, 5.74) is 1.05. The van der Waals surface area contributed by atoms with Crippen LogP contribution in [0, 0.1) is 0 Å². The van der Waals surface area contributed by atoms with Gasteiger partial charge in [-0.2, -0.15) is 0 Å². The maximum atomic E-state index is 11.3. The van der Waals surface area contributed by atoms with Gasteiger partial charge in [0.1, 0.15) is 0 Å². The Labute approximate surface area is 121 Å². The molecule has 1 aliphatic heterocycles. The normalized spacial score (nSPS) is 19.2. The van der Waals surface area contributed by atoms with Crippen LogP contribution in [0.3, 0.4) is 0 Å². The molecule has 3 N–H and O–H groups in total. The van der Waals surface area contributed by atoms with E-state index in [2.05, 4.69) is 17.1 Å². The Balaban J connectivity index is 2.12. The number of nitrogens with zero attached hydrogens (tertiary/aromatic N) is 1. The minimum Gasteiger partial charge on any atom is -0.370 e. The summed E-state index contributed by atoms with van der Waals surface area (Å²) < 4.78 is 22.5. The molecule has 0 bridgehead atoms. The number of nitrogens with one attached hydrogen (secondary N) is 1. The van der Waals surface area contributed by atoms with Gasteiger partial charge in [-0.25, -0.2) is 13.6 Å². The Kier molecular flexibility index (Phi) is 5.01. The highest BCUT2D eigenvalue weighted by atomic mass is 32.2. The van der Waals surface area contributed by atoms with Gasteiger partial charge < -0.3 is 10.2 Å². The highest BCUT2D eigenvalue weighted by Gasteiger charge is 2.18. The van der Waals surface area contributed by atoms with Crippen LogP contribution in [0.1, 0.15) is 26.2 Å². The van der Waals surface area contributed by atoms with Gasteiger partial charge in [0.15, 0.2) is 0 Å². The predicted molar refractivity (Wildman–Crippen MR) is 81.3 cm³/mol. The zero-order chi connectivity index (χ0) is 14.6.